The van der Waals surface area contributed by atoms with E-state index in [2.05, 4.69) is 15.5 Å². The van der Waals surface area contributed by atoms with E-state index in [0.717, 1.165) is 29.7 Å². The SMILES string of the molecule is CCc1[nH]nc(C(=O)N[C@H](COC)Cc2ccccc2)c1C. The van der Waals surface area contributed by atoms with Crippen molar-refractivity contribution in [2.75, 3.05) is 13.7 Å². The third-order valence-corrected chi connectivity index (χ3v) is 3.71. The third kappa shape index (κ3) is 3.95. The van der Waals surface area contributed by atoms with Gasteiger partial charge >= 0.3 is 0 Å². The predicted molar refractivity (Wildman–Crippen MR) is 86.0 cm³/mol. The van der Waals surface area contributed by atoms with Gasteiger partial charge in [0, 0.05) is 18.4 Å². The fraction of sp³-hybridized carbons (Fsp3) is 0.412. The first-order valence-corrected chi connectivity index (χ1v) is 7.53. The first-order valence-electron chi connectivity index (χ1n) is 7.53. The van der Waals surface area contributed by atoms with Crippen LogP contribution in [0.15, 0.2) is 30.3 Å². The number of carbonyl (C=O) groups excluding carboxylic acids is 1. The molecule has 2 rings (SSSR count). The first kappa shape index (κ1) is 16.2. The molecule has 1 aromatic heterocycles. The number of nitrogens with zero attached hydrogens (tertiary/aromatic N) is 1. The van der Waals surface area contributed by atoms with E-state index in [1.165, 1.54) is 0 Å². The number of carbonyl (C=O) groups is 1. The fourth-order valence-electron chi connectivity index (χ4n) is 2.50. The normalized spacial score (nSPS) is 12.1. The smallest absolute Gasteiger partial charge is 0.272 e. The molecule has 22 heavy (non-hydrogen) atoms. The van der Waals surface area contributed by atoms with Gasteiger partial charge in [0.25, 0.3) is 5.91 Å². The molecule has 2 aromatic rings. The van der Waals surface area contributed by atoms with Crippen LogP contribution in [0.5, 0.6) is 0 Å². The number of H-pyrrole nitrogens is 1. The van der Waals surface area contributed by atoms with E-state index < -0.39 is 0 Å². The number of aromatic amines is 1. The number of hydrogen-bond acceptors (Lipinski definition) is 3. The molecule has 5 nitrogen and oxygen atoms in total. The van der Waals surface area contributed by atoms with Gasteiger partial charge in [0.15, 0.2) is 5.69 Å². The molecule has 0 bridgehead atoms. The Bertz CT molecular complexity index is 608. The van der Waals surface area contributed by atoms with Crippen LogP contribution >= 0.6 is 0 Å². The lowest BCUT2D eigenvalue weighted by Gasteiger charge is -2.17. The molecular weight excluding hydrogens is 278 g/mol. The van der Waals surface area contributed by atoms with Crippen LogP contribution in [0.1, 0.15) is 34.2 Å². The molecule has 0 radical (unpaired) electrons. The highest BCUT2D eigenvalue weighted by molar-refractivity contribution is 5.94. The Hall–Kier alpha value is -2.14. The molecule has 1 atom stereocenters. The van der Waals surface area contributed by atoms with Gasteiger partial charge in [-0.25, -0.2) is 0 Å². The summed E-state index contributed by atoms with van der Waals surface area (Å²) < 4.78 is 5.23. The van der Waals surface area contributed by atoms with Gasteiger partial charge in [-0.05, 0) is 25.3 Å². The maximum Gasteiger partial charge on any atom is 0.272 e. The molecule has 5 heteroatoms. The van der Waals surface area contributed by atoms with Gasteiger partial charge in [0.1, 0.15) is 0 Å². The second-order valence-electron chi connectivity index (χ2n) is 5.34. The number of aromatic nitrogens is 2. The van der Waals surface area contributed by atoms with Crippen molar-refractivity contribution in [1.29, 1.82) is 0 Å². The topological polar surface area (TPSA) is 67.0 Å². The Labute approximate surface area is 131 Å². The maximum absolute atomic E-state index is 12.4. The number of hydrogen-bond donors (Lipinski definition) is 2. The van der Waals surface area contributed by atoms with Crippen LogP contribution in [0.3, 0.4) is 0 Å². The van der Waals surface area contributed by atoms with Crippen molar-refractivity contribution in [3.8, 4) is 0 Å². The van der Waals surface area contributed by atoms with Crippen molar-refractivity contribution in [2.24, 2.45) is 0 Å². The Morgan fingerprint density at radius 3 is 2.68 bits per heavy atom. The fourth-order valence-corrected chi connectivity index (χ4v) is 2.50. The second-order valence-corrected chi connectivity index (χ2v) is 5.34. The van der Waals surface area contributed by atoms with Crippen LogP contribution in [0.4, 0.5) is 0 Å². The molecule has 0 aliphatic heterocycles. The quantitative estimate of drug-likeness (QED) is 0.824. The van der Waals surface area contributed by atoms with E-state index in [9.17, 15) is 4.79 Å². The van der Waals surface area contributed by atoms with Crippen molar-refractivity contribution in [3.05, 3.63) is 52.8 Å². The van der Waals surface area contributed by atoms with Crippen molar-refractivity contribution in [2.45, 2.75) is 32.7 Å². The maximum atomic E-state index is 12.4. The number of aryl methyl sites for hydroxylation is 1. The van der Waals surface area contributed by atoms with Crippen LogP contribution in [0, 0.1) is 6.92 Å². The Morgan fingerprint density at radius 2 is 2.09 bits per heavy atom. The predicted octanol–water partition coefficient (Wildman–Crippen LogP) is 2.27. The molecule has 2 N–H and O–H groups in total. The summed E-state index contributed by atoms with van der Waals surface area (Å²) in [6.45, 7) is 4.41. The van der Waals surface area contributed by atoms with Gasteiger partial charge in [0.2, 0.25) is 0 Å². The highest BCUT2D eigenvalue weighted by atomic mass is 16.5. The monoisotopic (exact) mass is 301 g/mol. The van der Waals surface area contributed by atoms with Gasteiger partial charge in [-0.1, -0.05) is 37.3 Å². The van der Waals surface area contributed by atoms with Crippen molar-refractivity contribution in [3.63, 3.8) is 0 Å². The second kappa shape index (κ2) is 7.75. The highest BCUT2D eigenvalue weighted by Gasteiger charge is 2.19. The minimum absolute atomic E-state index is 0.0823. The lowest BCUT2D eigenvalue weighted by atomic mass is 10.1. The molecule has 1 heterocycles. The summed E-state index contributed by atoms with van der Waals surface area (Å²) in [7, 11) is 1.64. The highest BCUT2D eigenvalue weighted by Crippen LogP contribution is 2.11. The van der Waals surface area contributed by atoms with E-state index in [0.29, 0.717) is 12.3 Å². The minimum atomic E-state index is -0.161. The summed E-state index contributed by atoms with van der Waals surface area (Å²) in [6, 6.07) is 9.97. The van der Waals surface area contributed by atoms with E-state index in [1.807, 2.05) is 44.2 Å². The van der Waals surface area contributed by atoms with Gasteiger partial charge in [-0.3, -0.25) is 9.89 Å². The van der Waals surface area contributed by atoms with Crippen molar-refractivity contribution < 1.29 is 9.53 Å². The lowest BCUT2D eigenvalue weighted by molar-refractivity contribution is 0.0891. The molecule has 1 amide bonds. The molecule has 0 saturated carbocycles. The van der Waals surface area contributed by atoms with Crippen LogP contribution in [0.25, 0.3) is 0 Å². The number of rotatable bonds is 7. The van der Waals surface area contributed by atoms with Gasteiger partial charge in [-0.2, -0.15) is 5.10 Å². The van der Waals surface area contributed by atoms with Crippen molar-refractivity contribution >= 4 is 5.91 Å². The standard InChI is InChI=1S/C17H23N3O2/c1-4-15-12(2)16(20-19-15)17(21)18-14(11-22-3)10-13-8-6-5-7-9-13/h5-9,14H,4,10-11H2,1-3H3,(H,18,21)(H,19,20)/t14-/m0/s1. The van der Waals surface area contributed by atoms with E-state index in [1.54, 1.807) is 7.11 Å². The lowest BCUT2D eigenvalue weighted by Crippen LogP contribution is -2.40. The summed E-state index contributed by atoms with van der Waals surface area (Å²) in [5.74, 6) is -0.161. The molecule has 0 unspecified atom stereocenters. The molecule has 118 valence electrons. The van der Waals surface area contributed by atoms with Crippen LogP contribution < -0.4 is 5.32 Å². The average Bonchev–Trinajstić information content (AvgIpc) is 2.89. The molecule has 0 saturated heterocycles. The zero-order valence-corrected chi connectivity index (χ0v) is 13.3. The zero-order valence-electron chi connectivity index (χ0n) is 13.3. The molecule has 0 spiro atoms. The van der Waals surface area contributed by atoms with Gasteiger partial charge in [-0.15, -0.1) is 0 Å². The Balaban J connectivity index is 2.06. The van der Waals surface area contributed by atoms with Gasteiger partial charge < -0.3 is 10.1 Å². The minimum Gasteiger partial charge on any atom is -0.383 e. The molecule has 0 fully saturated rings. The summed E-state index contributed by atoms with van der Waals surface area (Å²) in [5.41, 5.74) is 3.54. The molecule has 1 aromatic carbocycles. The summed E-state index contributed by atoms with van der Waals surface area (Å²) >= 11 is 0. The largest absolute Gasteiger partial charge is 0.383 e. The Kier molecular flexibility index (Phi) is 5.72. The number of methoxy groups -OCH3 is 1. The number of amides is 1. The summed E-state index contributed by atoms with van der Waals surface area (Å²) in [4.78, 5) is 12.4. The Morgan fingerprint density at radius 1 is 1.36 bits per heavy atom. The van der Waals surface area contributed by atoms with Crippen LogP contribution in [-0.4, -0.2) is 35.9 Å². The molecular formula is C17H23N3O2. The average molecular weight is 301 g/mol. The van der Waals surface area contributed by atoms with E-state index in [-0.39, 0.29) is 11.9 Å². The zero-order chi connectivity index (χ0) is 15.9. The number of nitrogens with one attached hydrogen (secondary N) is 2. The van der Waals surface area contributed by atoms with E-state index >= 15 is 0 Å². The summed E-state index contributed by atoms with van der Waals surface area (Å²) in [5, 5.41) is 10.1. The van der Waals surface area contributed by atoms with Crippen LogP contribution in [0.2, 0.25) is 0 Å². The number of benzene rings is 1. The first-order chi connectivity index (χ1) is 10.7. The van der Waals surface area contributed by atoms with E-state index in [4.69, 9.17) is 4.74 Å². The summed E-state index contributed by atoms with van der Waals surface area (Å²) in [6.07, 6.45) is 1.56. The third-order valence-electron chi connectivity index (χ3n) is 3.71. The van der Waals surface area contributed by atoms with Gasteiger partial charge in [0.05, 0.1) is 12.6 Å². The molecule has 0 aliphatic carbocycles. The molecule has 0 aliphatic rings. The van der Waals surface area contributed by atoms with Crippen molar-refractivity contribution in [1.82, 2.24) is 15.5 Å². The van der Waals surface area contributed by atoms with Crippen LogP contribution in [-0.2, 0) is 17.6 Å². The number of ether oxygens (including phenoxy) is 1.